The van der Waals surface area contributed by atoms with Crippen molar-refractivity contribution in [3.8, 4) is 12.3 Å². The number of ether oxygens (including phenoxy) is 1. The summed E-state index contributed by atoms with van der Waals surface area (Å²) in [6, 6.07) is 0. The molecule has 33 heavy (non-hydrogen) atoms. The molecule has 2 rings (SSSR count). The lowest BCUT2D eigenvalue weighted by Gasteiger charge is -2.22. The van der Waals surface area contributed by atoms with Crippen LogP contribution >= 0.6 is 11.3 Å². The monoisotopic (exact) mass is 509 g/mol. The van der Waals surface area contributed by atoms with Crippen LogP contribution in [0.5, 0.6) is 0 Å². The summed E-state index contributed by atoms with van der Waals surface area (Å²) in [4.78, 5) is 22.3. The van der Waals surface area contributed by atoms with Gasteiger partial charge >= 0.3 is 29.4 Å². The molecule has 0 radical (unpaired) electrons. The lowest BCUT2D eigenvalue weighted by Crippen LogP contribution is -2.45. The number of allylic oxidation sites excluding steroid dienone is 1. The Kier molecular flexibility index (Phi) is 7.10. The van der Waals surface area contributed by atoms with E-state index in [1.807, 2.05) is 5.92 Å². The molecule has 1 fully saturated rings. The van der Waals surface area contributed by atoms with Crippen LogP contribution < -0.4 is 4.87 Å². The Bertz CT molecular complexity index is 1010. The number of nitrogens with zero attached hydrogens (tertiary/aromatic N) is 1. The van der Waals surface area contributed by atoms with Gasteiger partial charge in [-0.2, -0.15) is 39.5 Å². The first-order valence-corrected chi connectivity index (χ1v) is 9.88. The Morgan fingerprint density at radius 3 is 2.18 bits per heavy atom. The summed E-state index contributed by atoms with van der Waals surface area (Å²) in [6.45, 7) is 2.56. The molecule has 14 heteroatoms. The van der Waals surface area contributed by atoms with Crippen molar-refractivity contribution >= 4 is 17.3 Å². The van der Waals surface area contributed by atoms with Gasteiger partial charge < -0.3 is 4.74 Å². The van der Waals surface area contributed by atoms with E-state index in [-0.39, 0.29) is 11.3 Å². The van der Waals surface area contributed by atoms with Crippen LogP contribution in [0.25, 0.3) is 0 Å². The molecule has 1 aromatic heterocycles. The molecule has 0 amide bonds. The number of terminal acetylenes is 1. The van der Waals surface area contributed by atoms with Crippen LogP contribution in [0.1, 0.15) is 24.4 Å². The maximum Gasteiger partial charge on any atom is 0.434 e. The van der Waals surface area contributed by atoms with Crippen molar-refractivity contribution in [2.45, 2.75) is 51.4 Å². The topological polar surface area (TPSA) is 48.3 Å². The fourth-order valence-corrected chi connectivity index (χ4v) is 4.61. The van der Waals surface area contributed by atoms with Crippen molar-refractivity contribution in [3.63, 3.8) is 0 Å². The molecule has 184 valence electrons. The van der Waals surface area contributed by atoms with Crippen LogP contribution in [-0.4, -0.2) is 29.0 Å². The highest BCUT2D eigenvalue weighted by atomic mass is 32.1. The maximum absolute atomic E-state index is 13.5. The van der Waals surface area contributed by atoms with E-state index in [2.05, 4.69) is 4.74 Å². The van der Waals surface area contributed by atoms with Crippen LogP contribution in [0.3, 0.4) is 0 Å². The Morgan fingerprint density at radius 2 is 1.73 bits per heavy atom. The molecule has 0 bridgehead atoms. The van der Waals surface area contributed by atoms with Crippen molar-refractivity contribution < 1.29 is 49.0 Å². The second kappa shape index (κ2) is 8.73. The second-order valence-electron chi connectivity index (χ2n) is 7.84. The average Bonchev–Trinajstić information content (AvgIpc) is 2.94. The van der Waals surface area contributed by atoms with Crippen LogP contribution in [0, 0.1) is 29.6 Å². The molecular formula is C19H16F9NO3S. The van der Waals surface area contributed by atoms with Gasteiger partial charge in [-0.15, -0.1) is 6.42 Å². The number of rotatable bonds is 6. The number of carbonyl (C=O) groups is 1. The Hall–Kier alpha value is -2.43. The van der Waals surface area contributed by atoms with Gasteiger partial charge in [-0.25, -0.2) is 4.79 Å². The van der Waals surface area contributed by atoms with Crippen LogP contribution in [0.15, 0.2) is 16.9 Å². The molecular weight excluding hydrogens is 493 g/mol. The maximum atomic E-state index is 13.5. The third-order valence-electron chi connectivity index (χ3n) is 5.30. The van der Waals surface area contributed by atoms with Gasteiger partial charge in [-0.3, -0.25) is 9.36 Å². The quantitative estimate of drug-likeness (QED) is 0.236. The number of hydrogen-bond donors (Lipinski definition) is 0. The van der Waals surface area contributed by atoms with Crippen molar-refractivity contribution in [2.24, 2.45) is 17.3 Å². The van der Waals surface area contributed by atoms with Gasteiger partial charge in [-0.05, 0) is 23.7 Å². The molecule has 0 aliphatic heterocycles. The molecule has 1 aliphatic rings. The van der Waals surface area contributed by atoms with E-state index in [4.69, 9.17) is 6.42 Å². The molecule has 2 atom stereocenters. The summed E-state index contributed by atoms with van der Waals surface area (Å²) in [5, 5.41) is 0. The Morgan fingerprint density at radius 1 is 1.18 bits per heavy atom. The second-order valence-corrected chi connectivity index (χ2v) is 8.89. The van der Waals surface area contributed by atoms with Crippen molar-refractivity contribution in [2.75, 3.05) is 0 Å². The molecule has 4 nitrogen and oxygen atoms in total. The smallest absolute Gasteiger partial charge is 0.434 e. The van der Waals surface area contributed by atoms with Gasteiger partial charge in [0.2, 0.25) is 0 Å². The van der Waals surface area contributed by atoms with E-state index < -0.39 is 65.0 Å². The molecule has 1 aliphatic carbocycles. The van der Waals surface area contributed by atoms with Gasteiger partial charge in [0, 0.05) is 11.0 Å². The van der Waals surface area contributed by atoms with E-state index in [1.54, 1.807) is 13.8 Å². The fraction of sp³-hybridized carbons (Fsp3) is 0.579. The molecule has 0 spiro atoms. The van der Waals surface area contributed by atoms with E-state index in [0.29, 0.717) is 22.0 Å². The molecule has 1 saturated carbocycles. The van der Waals surface area contributed by atoms with E-state index in [9.17, 15) is 49.1 Å². The predicted octanol–water partition coefficient (Wildman–Crippen LogP) is 4.97. The summed E-state index contributed by atoms with van der Waals surface area (Å²) in [5.41, 5.74) is -1.96. The number of hydrogen-bond acceptors (Lipinski definition) is 4. The molecule has 1 heterocycles. The minimum Gasteiger partial charge on any atom is -0.440 e. The zero-order chi connectivity index (χ0) is 25.6. The predicted molar refractivity (Wildman–Crippen MR) is 98.0 cm³/mol. The number of halogens is 9. The minimum absolute atomic E-state index is 0.267. The van der Waals surface area contributed by atoms with Crippen molar-refractivity contribution in [3.05, 3.63) is 32.4 Å². The fourth-order valence-electron chi connectivity index (χ4n) is 3.55. The summed E-state index contributed by atoms with van der Waals surface area (Å²) < 4.78 is 119. The lowest BCUT2D eigenvalue weighted by atomic mass is 10.1. The summed E-state index contributed by atoms with van der Waals surface area (Å²) >= 11 is 0.343. The molecule has 1 aromatic rings. The first kappa shape index (κ1) is 26.8. The molecule has 0 unspecified atom stereocenters. The van der Waals surface area contributed by atoms with Gasteiger partial charge in [0.05, 0.1) is 6.54 Å². The lowest BCUT2D eigenvalue weighted by molar-refractivity contribution is -0.312. The van der Waals surface area contributed by atoms with Crippen molar-refractivity contribution in [1.82, 2.24) is 4.57 Å². The number of alkyl halides is 9. The van der Waals surface area contributed by atoms with Gasteiger partial charge in [0.1, 0.15) is 5.69 Å². The van der Waals surface area contributed by atoms with Crippen LogP contribution in [0.2, 0.25) is 0 Å². The average molecular weight is 509 g/mol. The van der Waals surface area contributed by atoms with E-state index >= 15 is 0 Å². The normalized spacial score (nSPS) is 20.8. The van der Waals surface area contributed by atoms with E-state index in [1.165, 1.54) is 0 Å². The summed E-state index contributed by atoms with van der Waals surface area (Å²) in [5.74, 6) is -1.19. The first-order chi connectivity index (χ1) is 14.8. The number of esters is 1. The third kappa shape index (κ3) is 5.93. The highest BCUT2D eigenvalue weighted by molar-refractivity contribution is 7.09. The Labute approximate surface area is 185 Å². The third-order valence-corrected chi connectivity index (χ3v) is 6.30. The molecule has 0 saturated heterocycles. The first-order valence-electron chi connectivity index (χ1n) is 9.07. The molecule has 0 aromatic carbocycles. The van der Waals surface area contributed by atoms with E-state index in [0.717, 1.165) is 6.08 Å². The van der Waals surface area contributed by atoms with Crippen LogP contribution in [0.4, 0.5) is 39.5 Å². The number of carbonyl (C=O) groups excluding carboxylic acids is 1. The summed E-state index contributed by atoms with van der Waals surface area (Å²) in [6.07, 6.45) is -14.8. The van der Waals surface area contributed by atoms with Crippen molar-refractivity contribution in [1.29, 1.82) is 0 Å². The number of thiazole rings is 1. The Balaban J connectivity index is 2.20. The zero-order valence-electron chi connectivity index (χ0n) is 16.9. The SMILES string of the molecule is C#CCn1c(C(F)(F)F)c(C[C@@H]2[C@H](C=CC(=O)OC(C(F)(F)F)C(F)(F)F)C2(C)C)sc1=O. The van der Waals surface area contributed by atoms with Gasteiger partial charge in [-0.1, -0.05) is 37.2 Å². The standard InChI is InChI=1S/C19H16F9NO3S/c1-4-7-29-13(17(20,21)22)11(33-15(29)31)8-10-9(16(10,2)3)5-6-12(30)32-14(18(23,24)25)19(26,27)28/h1,5-6,9-10,14H,7-8H2,2-3H3/t9-,10+/m0/s1. The number of aromatic nitrogens is 1. The van der Waals surface area contributed by atoms with Gasteiger partial charge in [0.25, 0.3) is 6.10 Å². The minimum atomic E-state index is -5.87. The largest absolute Gasteiger partial charge is 0.440 e. The molecule has 0 N–H and O–H groups in total. The highest BCUT2D eigenvalue weighted by Gasteiger charge is 2.60. The van der Waals surface area contributed by atoms with Crippen LogP contribution in [-0.2, 0) is 28.7 Å². The zero-order valence-corrected chi connectivity index (χ0v) is 17.7. The summed E-state index contributed by atoms with van der Waals surface area (Å²) in [7, 11) is 0. The van der Waals surface area contributed by atoms with Gasteiger partial charge in [0.15, 0.2) is 0 Å². The highest BCUT2D eigenvalue weighted by Crippen LogP contribution is 2.61.